The van der Waals surface area contributed by atoms with Crippen molar-refractivity contribution in [3.63, 3.8) is 0 Å². The molecule has 1 aromatic rings. The Bertz CT molecular complexity index is 251. The second kappa shape index (κ2) is 8.10. The van der Waals surface area contributed by atoms with Crippen LogP contribution in [0, 0.1) is 0 Å². The quantitative estimate of drug-likeness (QED) is 0.767. The molecule has 1 nitrogen and oxygen atoms in total. The van der Waals surface area contributed by atoms with Crippen LogP contribution in [0.2, 0.25) is 5.02 Å². The Labute approximate surface area is 97.3 Å². The highest BCUT2D eigenvalue weighted by atomic mass is 35.5. The summed E-state index contributed by atoms with van der Waals surface area (Å²) in [7, 11) is 0. The van der Waals surface area contributed by atoms with E-state index in [1.165, 1.54) is 18.4 Å². The number of benzene rings is 1. The molecule has 0 aliphatic heterocycles. The van der Waals surface area contributed by atoms with Gasteiger partial charge in [0.15, 0.2) is 0 Å². The van der Waals surface area contributed by atoms with Gasteiger partial charge in [0.2, 0.25) is 0 Å². The van der Waals surface area contributed by atoms with Crippen LogP contribution in [0.15, 0.2) is 24.3 Å². The summed E-state index contributed by atoms with van der Waals surface area (Å²) in [4.78, 5) is 0. The minimum Gasteiger partial charge on any atom is -0.313 e. The van der Waals surface area contributed by atoms with Gasteiger partial charge in [-0.25, -0.2) is 0 Å². The Morgan fingerprint density at radius 1 is 1.29 bits per heavy atom. The molecule has 0 aromatic heterocycles. The SMILES string of the molecule is CCCCNCc1ccccc1Cl.Cl. The maximum atomic E-state index is 6.00. The predicted molar refractivity (Wildman–Crippen MR) is 65.3 cm³/mol. The molecule has 1 N–H and O–H groups in total. The van der Waals surface area contributed by atoms with Crippen LogP contribution in [0.25, 0.3) is 0 Å². The molecule has 0 spiro atoms. The normalized spacial score (nSPS) is 9.57. The highest BCUT2D eigenvalue weighted by Gasteiger charge is 1.96. The third kappa shape index (κ3) is 4.85. The van der Waals surface area contributed by atoms with E-state index in [-0.39, 0.29) is 12.4 Å². The van der Waals surface area contributed by atoms with E-state index in [1.54, 1.807) is 0 Å². The van der Waals surface area contributed by atoms with Crippen molar-refractivity contribution < 1.29 is 0 Å². The average molecular weight is 234 g/mol. The average Bonchev–Trinajstić information content (AvgIpc) is 2.15. The van der Waals surface area contributed by atoms with Gasteiger partial charge in [0.1, 0.15) is 0 Å². The van der Waals surface area contributed by atoms with E-state index < -0.39 is 0 Å². The number of unbranched alkanes of at least 4 members (excludes halogenated alkanes) is 1. The Morgan fingerprint density at radius 2 is 2.00 bits per heavy atom. The first-order chi connectivity index (χ1) is 6.34. The molecule has 0 fully saturated rings. The Hall–Kier alpha value is -0.240. The van der Waals surface area contributed by atoms with Crippen LogP contribution in [0.1, 0.15) is 25.3 Å². The van der Waals surface area contributed by atoms with Crippen LogP contribution in [-0.2, 0) is 6.54 Å². The first kappa shape index (κ1) is 13.8. The number of rotatable bonds is 5. The van der Waals surface area contributed by atoms with Gasteiger partial charge in [0.05, 0.1) is 0 Å². The lowest BCUT2D eigenvalue weighted by molar-refractivity contribution is 0.641. The third-order valence-corrected chi connectivity index (χ3v) is 2.35. The maximum absolute atomic E-state index is 6.00. The first-order valence-corrected chi connectivity index (χ1v) is 5.16. The standard InChI is InChI=1S/C11H16ClN.ClH/c1-2-3-8-13-9-10-6-4-5-7-11(10)12;/h4-7,13H,2-3,8-9H2,1H3;1H. The summed E-state index contributed by atoms with van der Waals surface area (Å²) in [6.45, 7) is 4.14. The molecular weight excluding hydrogens is 217 g/mol. The topological polar surface area (TPSA) is 12.0 Å². The summed E-state index contributed by atoms with van der Waals surface area (Å²) in [6, 6.07) is 7.96. The fourth-order valence-corrected chi connectivity index (χ4v) is 1.37. The van der Waals surface area contributed by atoms with Gasteiger partial charge in [-0.15, -0.1) is 12.4 Å². The predicted octanol–water partition coefficient (Wildman–Crippen LogP) is 3.65. The monoisotopic (exact) mass is 233 g/mol. The van der Waals surface area contributed by atoms with Crippen molar-refractivity contribution in [1.29, 1.82) is 0 Å². The Kier molecular flexibility index (Phi) is 7.96. The highest BCUT2D eigenvalue weighted by molar-refractivity contribution is 6.31. The van der Waals surface area contributed by atoms with E-state index >= 15 is 0 Å². The van der Waals surface area contributed by atoms with Crippen LogP contribution in [0.3, 0.4) is 0 Å². The zero-order valence-electron chi connectivity index (χ0n) is 8.42. The van der Waals surface area contributed by atoms with Gasteiger partial charge in [-0.05, 0) is 24.6 Å². The Balaban J connectivity index is 0.00000169. The fourth-order valence-electron chi connectivity index (χ4n) is 1.17. The van der Waals surface area contributed by atoms with Crippen molar-refractivity contribution >= 4 is 24.0 Å². The molecule has 0 radical (unpaired) electrons. The molecule has 0 saturated heterocycles. The molecule has 0 atom stereocenters. The summed E-state index contributed by atoms with van der Waals surface area (Å²) in [5, 5.41) is 4.21. The van der Waals surface area contributed by atoms with Crippen LogP contribution in [0.4, 0.5) is 0 Å². The minimum atomic E-state index is 0. The van der Waals surface area contributed by atoms with Crippen LogP contribution in [0.5, 0.6) is 0 Å². The minimum absolute atomic E-state index is 0. The smallest absolute Gasteiger partial charge is 0.0450 e. The van der Waals surface area contributed by atoms with Crippen LogP contribution in [-0.4, -0.2) is 6.54 Å². The van der Waals surface area contributed by atoms with Gasteiger partial charge in [-0.2, -0.15) is 0 Å². The molecular formula is C11H17Cl2N. The van der Waals surface area contributed by atoms with Crippen molar-refractivity contribution in [2.24, 2.45) is 0 Å². The van der Waals surface area contributed by atoms with Gasteiger partial charge < -0.3 is 5.32 Å². The number of hydrogen-bond donors (Lipinski definition) is 1. The highest BCUT2D eigenvalue weighted by Crippen LogP contribution is 2.14. The molecule has 0 amide bonds. The Morgan fingerprint density at radius 3 is 2.64 bits per heavy atom. The first-order valence-electron chi connectivity index (χ1n) is 4.78. The van der Waals surface area contributed by atoms with Crippen molar-refractivity contribution in [3.05, 3.63) is 34.9 Å². The van der Waals surface area contributed by atoms with Crippen molar-refractivity contribution in [2.45, 2.75) is 26.3 Å². The van der Waals surface area contributed by atoms with E-state index in [0.717, 1.165) is 18.1 Å². The van der Waals surface area contributed by atoms with E-state index in [4.69, 9.17) is 11.6 Å². The van der Waals surface area contributed by atoms with E-state index in [1.807, 2.05) is 18.2 Å². The molecule has 0 aliphatic carbocycles. The molecule has 14 heavy (non-hydrogen) atoms. The van der Waals surface area contributed by atoms with Gasteiger partial charge >= 0.3 is 0 Å². The van der Waals surface area contributed by atoms with Gasteiger partial charge in [0.25, 0.3) is 0 Å². The third-order valence-electron chi connectivity index (χ3n) is 1.98. The fraction of sp³-hybridized carbons (Fsp3) is 0.455. The molecule has 3 heteroatoms. The van der Waals surface area contributed by atoms with Crippen LogP contribution < -0.4 is 5.32 Å². The van der Waals surface area contributed by atoms with E-state index in [2.05, 4.69) is 18.3 Å². The van der Waals surface area contributed by atoms with E-state index in [9.17, 15) is 0 Å². The van der Waals surface area contributed by atoms with Gasteiger partial charge in [-0.1, -0.05) is 43.1 Å². The summed E-state index contributed by atoms with van der Waals surface area (Å²) >= 11 is 6.00. The molecule has 0 heterocycles. The van der Waals surface area contributed by atoms with E-state index in [0.29, 0.717) is 0 Å². The van der Waals surface area contributed by atoms with Gasteiger partial charge in [-0.3, -0.25) is 0 Å². The maximum Gasteiger partial charge on any atom is 0.0450 e. The second-order valence-electron chi connectivity index (χ2n) is 3.12. The molecule has 80 valence electrons. The van der Waals surface area contributed by atoms with Crippen molar-refractivity contribution in [1.82, 2.24) is 5.32 Å². The zero-order chi connectivity index (χ0) is 9.52. The molecule has 0 bridgehead atoms. The lowest BCUT2D eigenvalue weighted by Crippen LogP contribution is -2.14. The lowest BCUT2D eigenvalue weighted by Gasteiger charge is -2.05. The van der Waals surface area contributed by atoms with Crippen molar-refractivity contribution in [3.8, 4) is 0 Å². The molecule has 0 aliphatic rings. The van der Waals surface area contributed by atoms with Crippen molar-refractivity contribution in [2.75, 3.05) is 6.54 Å². The molecule has 1 rings (SSSR count). The second-order valence-corrected chi connectivity index (χ2v) is 3.53. The summed E-state index contributed by atoms with van der Waals surface area (Å²) < 4.78 is 0. The van der Waals surface area contributed by atoms with Crippen LogP contribution >= 0.6 is 24.0 Å². The molecule has 0 unspecified atom stereocenters. The number of nitrogens with one attached hydrogen (secondary N) is 1. The van der Waals surface area contributed by atoms with Gasteiger partial charge in [0, 0.05) is 11.6 Å². The number of halogens is 2. The summed E-state index contributed by atoms with van der Waals surface area (Å²) in [6.07, 6.45) is 2.46. The molecule has 0 saturated carbocycles. The number of hydrogen-bond acceptors (Lipinski definition) is 1. The largest absolute Gasteiger partial charge is 0.313 e. The zero-order valence-corrected chi connectivity index (χ0v) is 10.00. The summed E-state index contributed by atoms with van der Waals surface area (Å²) in [5.41, 5.74) is 1.18. The lowest BCUT2D eigenvalue weighted by atomic mass is 10.2. The summed E-state index contributed by atoms with van der Waals surface area (Å²) in [5.74, 6) is 0. The molecule has 1 aromatic carbocycles.